The number of likely N-dealkylation sites (tertiary alicyclic amines) is 1. The number of nitrogens with zero attached hydrogens (tertiary/aromatic N) is 1. The van der Waals surface area contributed by atoms with E-state index in [0.717, 1.165) is 44.6 Å². The van der Waals surface area contributed by atoms with E-state index in [1.165, 1.54) is 0 Å². The maximum Gasteiger partial charge on any atom is 0.337 e. The summed E-state index contributed by atoms with van der Waals surface area (Å²) in [7, 11) is 0. The molecule has 1 saturated heterocycles. The van der Waals surface area contributed by atoms with E-state index in [2.05, 4.69) is 4.90 Å². The van der Waals surface area contributed by atoms with Crippen LogP contribution < -0.4 is 5.73 Å². The number of aromatic carboxylic acids is 1. The second-order valence-corrected chi connectivity index (χ2v) is 5.48. The van der Waals surface area contributed by atoms with E-state index in [4.69, 9.17) is 22.4 Å². The molecule has 0 aliphatic carbocycles. The molecular weight excluding hydrogens is 264 g/mol. The van der Waals surface area contributed by atoms with Crippen LogP contribution in [0.2, 0.25) is 5.02 Å². The van der Waals surface area contributed by atoms with Crippen molar-refractivity contribution < 1.29 is 9.90 Å². The van der Waals surface area contributed by atoms with Gasteiger partial charge >= 0.3 is 5.97 Å². The highest BCUT2D eigenvalue weighted by atomic mass is 35.5. The smallest absolute Gasteiger partial charge is 0.337 e. The fourth-order valence-electron chi connectivity index (χ4n) is 2.47. The number of nitrogens with two attached hydrogens (primary N) is 1. The zero-order valence-corrected chi connectivity index (χ0v) is 11.6. The van der Waals surface area contributed by atoms with Crippen LogP contribution in [0.25, 0.3) is 0 Å². The van der Waals surface area contributed by atoms with Crippen molar-refractivity contribution in [2.45, 2.75) is 19.4 Å². The predicted octanol–water partition coefficient (Wildman–Crippen LogP) is 2.21. The topological polar surface area (TPSA) is 66.6 Å². The summed E-state index contributed by atoms with van der Waals surface area (Å²) in [6.07, 6.45) is 2.27. The number of carboxylic acids is 1. The van der Waals surface area contributed by atoms with Gasteiger partial charge in [0.2, 0.25) is 0 Å². The molecule has 1 aromatic carbocycles. The first-order chi connectivity index (χ1) is 9.10. The summed E-state index contributed by atoms with van der Waals surface area (Å²) in [6.45, 7) is 3.67. The van der Waals surface area contributed by atoms with Gasteiger partial charge in [0.25, 0.3) is 0 Å². The minimum atomic E-state index is -0.986. The van der Waals surface area contributed by atoms with Crippen LogP contribution in [0.15, 0.2) is 18.2 Å². The van der Waals surface area contributed by atoms with Gasteiger partial charge in [-0.25, -0.2) is 4.79 Å². The lowest BCUT2D eigenvalue weighted by Crippen LogP contribution is -2.35. The minimum Gasteiger partial charge on any atom is -0.478 e. The van der Waals surface area contributed by atoms with Gasteiger partial charge in [-0.2, -0.15) is 0 Å². The summed E-state index contributed by atoms with van der Waals surface area (Å²) in [4.78, 5) is 13.2. The lowest BCUT2D eigenvalue weighted by molar-refractivity contribution is 0.0697. The van der Waals surface area contributed by atoms with Gasteiger partial charge in [-0.3, -0.25) is 4.90 Å². The van der Waals surface area contributed by atoms with Crippen LogP contribution in [-0.2, 0) is 6.54 Å². The maximum atomic E-state index is 10.9. The van der Waals surface area contributed by atoms with Gasteiger partial charge in [0, 0.05) is 6.54 Å². The Morgan fingerprint density at radius 1 is 1.42 bits per heavy atom. The first kappa shape index (κ1) is 14.3. The molecule has 0 radical (unpaired) electrons. The van der Waals surface area contributed by atoms with Gasteiger partial charge in [0.05, 0.1) is 10.6 Å². The Morgan fingerprint density at radius 3 is 2.63 bits per heavy atom. The van der Waals surface area contributed by atoms with E-state index in [9.17, 15) is 4.79 Å². The molecule has 0 bridgehead atoms. The summed E-state index contributed by atoms with van der Waals surface area (Å²) in [5.74, 6) is -0.338. The van der Waals surface area contributed by atoms with E-state index in [1.807, 2.05) is 6.07 Å². The highest BCUT2D eigenvalue weighted by Gasteiger charge is 2.18. The Hall–Kier alpha value is -1.10. The fourth-order valence-corrected chi connectivity index (χ4v) is 2.75. The second kappa shape index (κ2) is 6.37. The van der Waals surface area contributed by atoms with Gasteiger partial charge in [0.15, 0.2) is 0 Å². The highest BCUT2D eigenvalue weighted by molar-refractivity contribution is 6.33. The van der Waals surface area contributed by atoms with Crippen LogP contribution in [-0.4, -0.2) is 35.6 Å². The van der Waals surface area contributed by atoms with E-state index < -0.39 is 5.97 Å². The molecular formula is C14H19ClN2O2. The Bertz CT molecular complexity index is 457. The lowest BCUT2D eigenvalue weighted by atomic mass is 9.97. The van der Waals surface area contributed by atoms with E-state index in [0.29, 0.717) is 10.9 Å². The number of benzene rings is 1. The van der Waals surface area contributed by atoms with Crippen molar-refractivity contribution in [3.8, 4) is 0 Å². The fraction of sp³-hybridized carbons (Fsp3) is 0.500. The molecule has 5 heteroatoms. The van der Waals surface area contributed by atoms with Crippen LogP contribution in [0.1, 0.15) is 28.8 Å². The minimum absolute atomic E-state index is 0.159. The molecule has 0 unspecified atom stereocenters. The van der Waals surface area contributed by atoms with Crippen molar-refractivity contribution in [3.05, 3.63) is 34.3 Å². The number of rotatable bonds is 4. The Balaban J connectivity index is 1.97. The first-order valence-corrected chi connectivity index (χ1v) is 6.92. The zero-order chi connectivity index (χ0) is 13.8. The summed E-state index contributed by atoms with van der Waals surface area (Å²) in [5, 5.41) is 9.23. The molecule has 19 heavy (non-hydrogen) atoms. The van der Waals surface area contributed by atoms with Crippen molar-refractivity contribution in [2.24, 2.45) is 11.7 Å². The van der Waals surface area contributed by atoms with Gasteiger partial charge in [-0.05, 0) is 56.1 Å². The molecule has 0 amide bonds. The van der Waals surface area contributed by atoms with Gasteiger partial charge in [0.1, 0.15) is 0 Å². The molecule has 1 fully saturated rings. The Labute approximate surface area is 118 Å². The van der Waals surface area contributed by atoms with Crippen molar-refractivity contribution in [2.75, 3.05) is 19.6 Å². The van der Waals surface area contributed by atoms with Gasteiger partial charge in [-0.1, -0.05) is 17.7 Å². The average molecular weight is 283 g/mol. The van der Waals surface area contributed by atoms with Crippen molar-refractivity contribution >= 4 is 17.6 Å². The van der Waals surface area contributed by atoms with Crippen molar-refractivity contribution in [3.63, 3.8) is 0 Å². The molecule has 0 atom stereocenters. The van der Waals surface area contributed by atoms with Crippen LogP contribution >= 0.6 is 11.6 Å². The van der Waals surface area contributed by atoms with Crippen molar-refractivity contribution in [1.29, 1.82) is 0 Å². The van der Waals surface area contributed by atoms with Crippen LogP contribution in [0, 0.1) is 5.92 Å². The number of piperidine rings is 1. The highest BCUT2D eigenvalue weighted by Crippen LogP contribution is 2.21. The third-order valence-electron chi connectivity index (χ3n) is 3.71. The standard InChI is InChI=1S/C14H19ClN2O2/c15-13-7-11(1-2-12(13)14(18)19)9-17-5-3-10(8-16)4-6-17/h1-2,7,10H,3-6,8-9,16H2,(H,18,19). The first-order valence-electron chi connectivity index (χ1n) is 6.54. The normalized spacial score (nSPS) is 17.6. The van der Waals surface area contributed by atoms with Crippen LogP contribution in [0.4, 0.5) is 0 Å². The van der Waals surface area contributed by atoms with E-state index in [-0.39, 0.29) is 5.56 Å². The number of hydrogen-bond donors (Lipinski definition) is 2. The zero-order valence-electron chi connectivity index (χ0n) is 10.8. The number of halogens is 1. The molecule has 1 aromatic rings. The Kier molecular flexibility index (Phi) is 4.80. The number of carboxylic acid groups (broad SMARTS) is 1. The Morgan fingerprint density at radius 2 is 2.11 bits per heavy atom. The summed E-state index contributed by atoms with van der Waals surface area (Å²) < 4.78 is 0. The molecule has 0 spiro atoms. The molecule has 1 aliphatic rings. The average Bonchev–Trinajstić information content (AvgIpc) is 2.39. The monoisotopic (exact) mass is 282 g/mol. The van der Waals surface area contributed by atoms with Crippen LogP contribution in [0.5, 0.6) is 0 Å². The quantitative estimate of drug-likeness (QED) is 0.888. The SMILES string of the molecule is NCC1CCN(Cc2ccc(C(=O)O)c(Cl)c2)CC1. The lowest BCUT2D eigenvalue weighted by Gasteiger charge is -2.31. The maximum absolute atomic E-state index is 10.9. The second-order valence-electron chi connectivity index (χ2n) is 5.07. The molecule has 4 nitrogen and oxygen atoms in total. The summed E-state index contributed by atoms with van der Waals surface area (Å²) in [6, 6.07) is 5.16. The molecule has 3 N–H and O–H groups in total. The van der Waals surface area contributed by atoms with E-state index in [1.54, 1.807) is 12.1 Å². The molecule has 0 saturated carbocycles. The third-order valence-corrected chi connectivity index (χ3v) is 4.02. The predicted molar refractivity (Wildman–Crippen MR) is 75.5 cm³/mol. The van der Waals surface area contributed by atoms with Gasteiger partial charge in [-0.15, -0.1) is 0 Å². The number of carbonyl (C=O) groups is 1. The summed E-state index contributed by atoms with van der Waals surface area (Å²) >= 11 is 5.97. The van der Waals surface area contributed by atoms with Crippen LogP contribution in [0.3, 0.4) is 0 Å². The molecule has 1 heterocycles. The molecule has 0 aromatic heterocycles. The molecule has 1 aliphatic heterocycles. The third kappa shape index (κ3) is 3.69. The molecule has 2 rings (SSSR count). The largest absolute Gasteiger partial charge is 0.478 e. The molecule has 104 valence electrons. The van der Waals surface area contributed by atoms with Gasteiger partial charge < -0.3 is 10.8 Å². The summed E-state index contributed by atoms with van der Waals surface area (Å²) in [5.41, 5.74) is 6.89. The number of hydrogen-bond acceptors (Lipinski definition) is 3. The van der Waals surface area contributed by atoms with E-state index >= 15 is 0 Å². The van der Waals surface area contributed by atoms with Crippen molar-refractivity contribution in [1.82, 2.24) is 4.90 Å².